The average Bonchev–Trinajstić information content (AvgIpc) is 2.81. The van der Waals surface area contributed by atoms with Gasteiger partial charge < -0.3 is 5.73 Å². The van der Waals surface area contributed by atoms with Crippen molar-refractivity contribution in [2.45, 2.75) is 25.3 Å². The lowest BCUT2D eigenvalue weighted by Crippen LogP contribution is -2.19. The molecule has 3 rings (SSSR count). The molecule has 0 saturated carbocycles. The number of aryl methyl sites for hydroxylation is 2. The standard InChI is InChI=1S/C10H14N6/c1-15-5-8(4-12-15)7-2-3-9-13-10(11)14-16(9)6-7/h4-5,7H,2-3,6H2,1H3,(H2,11,14). The fourth-order valence-corrected chi connectivity index (χ4v) is 2.25. The normalized spacial score (nSPS) is 19.7. The molecule has 6 nitrogen and oxygen atoms in total. The Balaban J connectivity index is 1.87. The topological polar surface area (TPSA) is 74.6 Å². The predicted molar refractivity (Wildman–Crippen MR) is 58.7 cm³/mol. The number of nitrogens with two attached hydrogens (primary N) is 1. The zero-order chi connectivity index (χ0) is 11.1. The molecule has 0 bridgehead atoms. The number of hydrogen-bond acceptors (Lipinski definition) is 4. The van der Waals surface area contributed by atoms with Gasteiger partial charge in [-0.15, -0.1) is 5.10 Å². The summed E-state index contributed by atoms with van der Waals surface area (Å²) in [7, 11) is 1.94. The number of nitrogen functional groups attached to an aromatic ring is 1. The van der Waals surface area contributed by atoms with E-state index in [4.69, 9.17) is 5.73 Å². The van der Waals surface area contributed by atoms with Gasteiger partial charge >= 0.3 is 0 Å². The number of aromatic nitrogens is 5. The van der Waals surface area contributed by atoms with Gasteiger partial charge in [-0.3, -0.25) is 4.68 Å². The molecule has 0 fully saturated rings. The van der Waals surface area contributed by atoms with Crippen LogP contribution in [-0.4, -0.2) is 24.5 Å². The van der Waals surface area contributed by atoms with Crippen LogP contribution in [-0.2, 0) is 20.0 Å². The molecule has 0 radical (unpaired) electrons. The van der Waals surface area contributed by atoms with Gasteiger partial charge in [-0.25, -0.2) is 4.68 Å². The van der Waals surface area contributed by atoms with Gasteiger partial charge in [0.25, 0.3) is 0 Å². The maximum Gasteiger partial charge on any atom is 0.239 e. The predicted octanol–water partition coefficient (Wildman–Crippen LogP) is 0.324. The first-order valence-corrected chi connectivity index (χ1v) is 5.40. The van der Waals surface area contributed by atoms with E-state index in [0.29, 0.717) is 11.9 Å². The van der Waals surface area contributed by atoms with Crippen molar-refractivity contribution in [2.75, 3.05) is 5.73 Å². The van der Waals surface area contributed by atoms with Gasteiger partial charge in [0.1, 0.15) is 5.82 Å². The van der Waals surface area contributed by atoms with E-state index in [1.807, 2.05) is 22.6 Å². The molecule has 3 heterocycles. The van der Waals surface area contributed by atoms with Gasteiger partial charge in [-0.05, 0) is 12.0 Å². The number of rotatable bonds is 1. The Morgan fingerprint density at radius 1 is 1.50 bits per heavy atom. The van der Waals surface area contributed by atoms with Crippen molar-refractivity contribution in [2.24, 2.45) is 7.05 Å². The molecule has 0 aromatic carbocycles. The zero-order valence-electron chi connectivity index (χ0n) is 9.17. The third kappa shape index (κ3) is 1.46. The molecule has 1 aliphatic heterocycles. The Hall–Kier alpha value is -1.85. The summed E-state index contributed by atoms with van der Waals surface area (Å²) in [6.07, 6.45) is 6.01. The Morgan fingerprint density at radius 3 is 3.12 bits per heavy atom. The van der Waals surface area contributed by atoms with Crippen molar-refractivity contribution in [3.05, 3.63) is 23.8 Å². The molecule has 2 aromatic heterocycles. The van der Waals surface area contributed by atoms with Gasteiger partial charge in [-0.1, -0.05) is 0 Å². The Bertz CT molecular complexity index is 511. The average molecular weight is 218 g/mol. The quantitative estimate of drug-likeness (QED) is 0.748. The second-order valence-corrected chi connectivity index (χ2v) is 4.25. The molecule has 2 aromatic rings. The van der Waals surface area contributed by atoms with Gasteiger partial charge in [0.05, 0.1) is 12.7 Å². The van der Waals surface area contributed by atoms with Crippen molar-refractivity contribution in [1.29, 1.82) is 0 Å². The molecule has 0 spiro atoms. The van der Waals surface area contributed by atoms with Crippen LogP contribution in [0, 0.1) is 0 Å². The highest BCUT2D eigenvalue weighted by molar-refractivity contribution is 5.18. The molecule has 1 unspecified atom stereocenters. The fraction of sp³-hybridized carbons (Fsp3) is 0.500. The third-order valence-electron chi connectivity index (χ3n) is 3.07. The van der Waals surface area contributed by atoms with Crippen molar-refractivity contribution in [3.63, 3.8) is 0 Å². The molecule has 0 saturated heterocycles. The van der Waals surface area contributed by atoms with Gasteiger partial charge in [0.2, 0.25) is 5.95 Å². The van der Waals surface area contributed by atoms with E-state index < -0.39 is 0 Å². The largest absolute Gasteiger partial charge is 0.366 e. The molecular formula is C10H14N6. The van der Waals surface area contributed by atoms with E-state index in [2.05, 4.69) is 21.4 Å². The Labute approximate surface area is 93.1 Å². The first-order chi connectivity index (χ1) is 7.72. The summed E-state index contributed by atoms with van der Waals surface area (Å²) < 4.78 is 3.75. The second kappa shape index (κ2) is 3.33. The van der Waals surface area contributed by atoms with Crippen molar-refractivity contribution in [3.8, 4) is 0 Å². The third-order valence-corrected chi connectivity index (χ3v) is 3.07. The van der Waals surface area contributed by atoms with Gasteiger partial charge in [-0.2, -0.15) is 10.1 Å². The van der Waals surface area contributed by atoms with Crippen molar-refractivity contribution >= 4 is 5.95 Å². The lowest BCUT2D eigenvalue weighted by Gasteiger charge is -2.21. The van der Waals surface area contributed by atoms with E-state index in [1.54, 1.807) is 0 Å². The van der Waals surface area contributed by atoms with E-state index in [-0.39, 0.29) is 0 Å². The molecule has 0 aliphatic carbocycles. The van der Waals surface area contributed by atoms with Crippen molar-refractivity contribution < 1.29 is 0 Å². The van der Waals surface area contributed by atoms with Crippen LogP contribution in [0.2, 0.25) is 0 Å². The second-order valence-electron chi connectivity index (χ2n) is 4.25. The molecule has 1 aliphatic rings. The highest BCUT2D eigenvalue weighted by Gasteiger charge is 2.23. The molecule has 2 N–H and O–H groups in total. The molecule has 1 atom stereocenters. The first kappa shape index (κ1) is 9.38. The summed E-state index contributed by atoms with van der Waals surface area (Å²) in [6, 6.07) is 0. The number of nitrogens with zero attached hydrogens (tertiary/aromatic N) is 5. The first-order valence-electron chi connectivity index (χ1n) is 5.40. The summed E-state index contributed by atoms with van der Waals surface area (Å²) in [5.41, 5.74) is 6.85. The maximum atomic E-state index is 5.59. The van der Waals surface area contributed by atoms with Crippen LogP contribution in [0.3, 0.4) is 0 Å². The van der Waals surface area contributed by atoms with Crippen molar-refractivity contribution in [1.82, 2.24) is 24.5 Å². The van der Waals surface area contributed by atoms with E-state index >= 15 is 0 Å². The summed E-state index contributed by atoms with van der Waals surface area (Å²) in [5.74, 6) is 1.85. The highest BCUT2D eigenvalue weighted by atomic mass is 15.4. The van der Waals surface area contributed by atoms with Gasteiger partial charge in [0.15, 0.2) is 0 Å². The summed E-state index contributed by atoms with van der Waals surface area (Å²) >= 11 is 0. The number of anilines is 1. The molecule has 16 heavy (non-hydrogen) atoms. The minimum atomic E-state index is 0.377. The molecule has 0 amide bonds. The summed E-state index contributed by atoms with van der Waals surface area (Å²) in [5, 5.41) is 8.39. The smallest absolute Gasteiger partial charge is 0.239 e. The summed E-state index contributed by atoms with van der Waals surface area (Å²) in [4.78, 5) is 4.19. The SMILES string of the molecule is Cn1cc(C2CCc3nc(N)nn3C2)cn1. The summed E-state index contributed by atoms with van der Waals surface area (Å²) in [6.45, 7) is 0.852. The minimum Gasteiger partial charge on any atom is -0.366 e. The van der Waals surface area contributed by atoms with E-state index in [9.17, 15) is 0 Å². The van der Waals surface area contributed by atoms with Crippen LogP contribution in [0.4, 0.5) is 5.95 Å². The monoisotopic (exact) mass is 218 g/mol. The van der Waals surface area contributed by atoms with Gasteiger partial charge in [0, 0.05) is 25.6 Å². The fourth-order valence-electron chi connectivity index (χ4n) is 2.25. The van der Waals surface area contributed by atoms with E-state index in [0.717, 1.165) is 25.2 Å². The molecule has 84 valence electrons. The number of fused-ring (bicyclic) bond motifs is 1. The maximum absolute atomic E-state index is 5.59. The lowest BCUT2D eigenvalue weighted by atomic mass is 9.94. The van der Waals surface area contributed by atoms with Crippen LogP contribution in [0.1, 0.15) is 23.7 Å². The number of hydrogen-bond donors (Lipinski definition) is 1. The van der Waals surface area contributed by atoms with Crippen LogP contribution in [0.5, 0.6) is 0 Å². The lowest BCUT2D eigenvalue weighted by molar-refractivity contribution is 0.423. The Morgan fingerprint density at radius 2 is 2.38 bits per heavy atom. The Kier molecular flexibility index (Phi) is 1.95. The molecule has 6 heteroatoms. The molecular weight excluding hydrogens is 204 g/mol. The van der Waals surface area contributed by atoms with Crippen LogP contribution in [0.15, 0.2) is 12.4 Å². The van der Waals surface area contributed by atoms with Crippen LogP contribution >= 0.6 is 0 Å². The van der Waals surface area contributed by atoms with Crippen LogP contribution < -0.4 is 5.73 Å². The zero-order valence-corrected chi connectivity index (χ0v) is 9.17. The van der Waals surface area contributed by atoms with Crippen LogP contribution in [0.25, 0.3) is 0 Å². The minimum absolute atomic E-state index is 0.377. The highest BCUT2D eigenvalue weighted by Crippen LogP contribution is 2.27. The van der Waals surface area contributed by atoms with E-state index in [1.165, 1.54) is 5.56 Å².